The molecule has 2 amide bonds. The third kappa shape index (κ3) is 6.29. The Bertz CT molecular complexity index is 1030. The summed E-state index contributed by atoms with van der Waals surface area (Å²) in [7, 11) is 0. The van der Waals surface area contributed by atoms with Crippen molar-refractivity contribution in [3.05, 3.63) is 59.2 Å². The zero-order valence-corrected chi connectivity index (χ0v) is 20.2. The van der Waals surface area contributed by atoms with E-state index in [4.69, 9.17) is 0 Å². The molecule has 0 fully saturated rings. The molecule has 3 atom stereocenters. The summed E-state index contributed by atoms with van der Waals surface area (Å²) in [5.41, 5.74) is 1.68. The van der Waals surface area contributed by atoms with Crippen molar-refractivity contribution in [3.63, 3.8) is 0 Å². The Kier molecular flexibility index (Phi) is 7.96. The van der Waals surface area contributed by atoms with Crippen molar-refractivity contribution in [1.82, 2.24) is 10.6 Å². The summed E-state index contributed by atoms with van der Waals surface area (Å²) in [5, 5.41) is 6.08. The average molecular weight is 491 g/mol. The Morgan fingerprint density at radius 2 is 1.42 bits per heavy atom. The number of fused-ring (bicyclic) bond motifs is 2. The van der Waals surface area contributed by atoms with Crippen LogP contribution in [0, 0.1) is 17.6 Å². The average Bonchev–Trinajstić information content (AvgIpc) is 2.78. The smallest absolute Gasteiger partial charge is 0.220 e. The third-order valence-electron chi connectivity index (χ3n) is 6.09. The molecule has 0 spiro atoms. The van der Waals surface area contributed by atoms with E-state index in [2.05, 4.69) is 10.6 Å². The number of carbonyl (C=O) groups excluding carboxylic acids is 2. The van der Waals surface area contributed by atoms with Gasteiger partial charge in [0.25, 0.3) is 0 Å². The minimum absolute atomic E-state index is 0.0346. The maximum absolute atomic E-state index is 13.7. The fourth-order valence-corrected chi connectivity index (χ4v) is 6.56. The highest BCUT2D eigenvalue weighted by Crippen LogP contribution is 2.37. The van der Waals surface area contributed by atoms with Gasteiger partial charge in [-0.15, -0.1) is 23.5 Å². The first kappa shape index (κ1) is 24.1. The van der Waals surface area contributed by atoms with Gasteiger partial charge >= 0.3 is 0 Å². The van der Waals surface area contributed by atoms with Crippen molar-refractivity contribution in [2.45, 2.75) is 60.9 Å². The SMILES string of the molecule is CC(CCC(=O)NC1CCSc2ccc(F)cc21)CC(=O)NC1CCSc2ccc(F)cc21. The zero-order chi connectivity index (χ0) is 23.4. The van der Waals surface area contributed by atoms with E-state index in [9.17, 15) is 18.4 Å². The van der Waals surface area contributed by atoms with E-state index in [0.29, 0.717) is 19.3 Å². The van der Waals surface area contributed by atoms with Crippen LogP contribution in [0.1, 0.15) is 62.2 Å². The normalized spacial score (nSPS) is 20.3. The first-order valence-corrected chi connectivity index (χ1v) is 13.3. The van der Waals surface area contributed by atoms with Crippen molar-refractivity contribution in [3.8, 4) is 0 Å². The summed E-state index contributed by atoms with van der Waals surface area (Å²) in [6.07, 6.45) is 2.76. The van der Waals surface area contributed by atoms with Gasteiger partial charge in [-0.05, 0) is 72.7 Å². The topological polar surface area (TPSA) is 58.2 Å². The van der Waals surface area contributed by atoms with E-state index in [0.717, 1.165) is 45.3 Å². The van der Waals surface area contributed by atoms with Crippen molar-refractivity contribution in [2.75, 3.05) is 11.5 Å². The summed E-state index contributed by atoms with van der Waals surface area (Å²) in [6.45, 7) is 1.96. The van der Waals surface area contributed by atoms with Crippen LogP contribution < -0.4 is 10.6 Å². The fraction of sp³-hybridized carbons (Fsp3) is 0.440. The Labute approximate surface area is 201 Å². The molecule has 2 N–H and O–H groups in total. The van der Waals surface area contributed by atoms with Crippen molar-refractivity contribution in [1.29, 1.82) is 0 Å². The molecule has 8 heteroatoms. The van der Waals surface area contributed by atoms with Gasteiger partial charge in [0.1, 0.15) is 11.6 Å². The molecule has 0 saturated heterocycles. The van der Waals surface area contributed by atoms with Crippen LogP contribution in [0.5, 0.6) is 0 Å². The Morgan fingerprint density at radius 1 is 0.909 bits per heavy atom. The van der Waals surface area contributed by atoms with Crippen LogP contribution in [0.15, 0.2) is 46.2 Å². The van der Waals surface area contributed by atoms with Crippen molar-refractivity contribution < 1.29 is 18.4 Å². The number of rotatable bonds is 7. The number of benzene rings is 2. The second kappa shape index (κ2) is 10.9. The molecule has 0 aromatic heterocycles. The zero-order valence-electron chi connectivity index (χ0n) is 18.5. The van der Waals surface area contributed by atoms with Gasteiger partial charge in [-0.1, -0.05) is 6.92 Å². The Morgan fingerprint density at radius 3 is 1.97 bits per heavy atom. The lowest BCUT2D eigenvalue weighted by atomic mass is 9.98. The van der Waals surface area contributed by atoms with E-state index in [1.165, 1.54) is 24.3 Å². The van der Waals surface area contributed by atoms with Crippen molar-refractivity contribution in [2.24, 2.45) is 5.92 Å². The summed E-state index contributed by atoms with van der Waals surface area (Å²) in [5.74, 6) is 1.05. The maximum atomic E-state index is 13.7. The van der Waals surface area contributed by atoms with E-state index in [1.807, 2.05) is 6.92 Å². The highest BCUT2D eigenvalue weighted by Gasteiger charge is 2.25. The number of thioether (sulfide) groups is 2. The highest BCUT2D eigenvalue weighted by atomic mass is 32.2. The van der Waals surface area contributed by atoms with Crippen molar-refractivity contribution >= 4 is 35.3 Å². The number of halogens is 2. The lowest BCUT2D eigenvalue weighted by molar-refractivity contribution is -0.124. The molecule has 33 heavy (non-hydrogen) atoms. The maximum Gasteiger partial charge on any atom is 0.220 e. The van der Waals surface area contributed by atoms with E-state index in [1.54, 1.807) is 35.7 Å². The molecule has 2 aliphatic heterocycles. The lowest BCUT2D eigenvalue weighted by Crippen LogP contribution is -2.32. The van der Waals surface area contributed by atoms with Gasteiger partial charge in [0.2, 0.25) is 11.8 Å². The van der Waals surface area contributed by atoms with Gasteiger partial charge in [0.15, 0.2) is 0 Å². The third-order valence-corrected chi connectivity index (χ3v) is 8.34. The van der Waals surface area contributed by atoms with Gasteiger partial charge in [-0.3, -0.25) is 9.59 Å². The molecule has 2 heterocycles. The van der Waals surface area contributed by atoms with Gasteiger partial charge in [0, 0.05) is 34.1 Å². The predicted octanol–water partition coefficient (Wildman–Crippen LogP) is 5.78. The predicted molar refractivity (Wildman–Crippen MR) is 128 cm³/mol. The first-order chi connectivity index (χ1) is 15.9. The fourth-order valence-electron chi connectivity index (χ4n) is 4.35. The van der Waals surface area contributed by atoms with Crippen LogP contribution in [-0.4, -0.2) is 23.3 Å². The second-order valence-electron chi connectivity index (χ2n) is 8.73. The van der Waals surface area contributed by atoms with E-state index < -0.39 is 0 Å². The molecule has 0 aliphatic carbocycles. The van der Waals surface area contributed by atoms with Crippen LogP contribution >= 0.6 is 23.5 Å². The monoisotopic (exact) mass is 490 g/mol. The highest BCUT2D eigenvalue weighted by molar-refractivity contribution is 7.99. The van der Waals surface area contributed by atoms with Crippen LogP contribution in [-0.2, 0) is 9.59 Å². The molecule has 2 aromatic carbocycles. The standard InChI is InChI=1S/C25H28F2N2O2S2/c1-15(12-25(31)29-21-9-11-33-23-6-4-17(27)14-19(21)23)2-7-24(30)28-20-8-10-32-22-5-3-16(26)13-18(20)22/h3-6,13-15,20-21H,2,7-12H2,1H3,(H,28,30)(H,29,31). The van der Waals surface area contributed by atoms with Crippen LogP contribution in [0.4, 0.5) is 8.78 Å². The van der Waals surface area contributed by atoms with Crippen LogP contribution in [0.3, 0.4) is 0 Å². The summed E-state index contributed by atoms with van der Waals surface area (Å²) in [6, 6.07) is 9.10. The lowest BCUT2D eigenvalue weighted by Gasteiger charge is -2.27. The molecule has 2 aliphatic rings. The summed E-state index contributed by atoms with van der Waals surface area (Å²) in [4.78, 5) is 27.2. The van der Waals surface area contributed by atoms with E-state index >= 15 is 0 Å². The molecule has 4 rings (SSSR count). The second-order valence-corrected chi connectivity index (χ2v) is 11.0. The van der Waals surface area contributed by atoms with Gasteiger partial charge in [-0.25, -0.2) is 8.78 Å². The molecule has 2 aromatic rings. The number of carbonyl (C=O) groups is 2. The van der Waals surface area contributed by atoms with Gasteiger partial charge < -0.3 is 10.6 Å². The van der Waals surface area contributed by atoms with Crippen LogP contribution in [0.2, 0.25) is 0 Å². The summed E-state index contributed by atoms with van der Waals surface area (Å²) >= 11 is 3.36. The van der Waals surface area contributed by atoms with E-state index in [-0.39, 0.29) is 41.5 Å². The van der Waals surface area contributed by atoms with Gasteiger partial charge in [-0.2, -0.15) is 0 Å². The first-order valence-electron chi connectivity index (χ1n) is 11.3. The number of amides is 2. The molecular weight excluding hydrogens is 462 g/mol. The molecule has 4 nitrogen and oxygen atoms in total. The van der Waals surface area contributed by atoms with Gasteiger partial charge in [0.05, 0.1) is 12.1 Å². The number of hydrogen-bond donors (Lipinski definition) is 2. The van der Waals surface area contributed by atoms with Crippen LogP contribution in [0.25, 0.3) is 0 Å². The molecular formula is C25H28F2N2O2S2. The summed E-state index contributed by atoms with van der Waals surface area (Å²) < 4.78 is 27.4. The molecule has 0 bridgehead atoms. The molecule has 176 valence electrons. The number of nitrogens with one attached hydrogen (secondary N) is 2. The molecule has 0 saturated carbocycles. The molecule has 0 radical (unpaired) electrons. The largest absolute Gasteiger partial charge is 0.349 e. The number of hydrogen-bond acceptors (Lipinski definition) is 4. The minimum atomic E-state index is -0.295. The molecule has 3 unspecified atom stereocenters. The Hall–Kier alpha value is -2.06. The Balaban J connectivity index is 1.24. The minimum Gasteiger partial charge on any atom is -0.349 e. The quantitative estimate of drug-likeness (QED) is 0.517.